The number of hydrogen-bond donors (Lipinski definition) is 0. The molecule has 1 rings (SSSR count). The van der Waals surface area contributed by atoms with Crippen molar-refractivity contribution in [2.24, 2.45) is 0 Å². The molecule has 17 heavy (non-hydrogen) atoms. The smallest absolute Gasteiger partial charge is 0.155 e. The van der Waals surface area contributed by atoms with E-state index < -0.39 is 0 Å². The molecule has 1 aromatic rings. The normalized spacial score (nSPS) is 10.6. The van der Waals surface area contributed by atoms with Gasteiger partial charge in [0.05, 0.1) is 0 Å². The molecule has 0 spiro atoms. The Morgan fingerprint density at radius 2 is 1.71 bits per heavy atom. The van der Waals surface area contributed by atoms with Crippen LogP contribution in [-0.4, -0.2) is 11.6 Å². The molecule has 0 aliphatic rings. The number of hydrogen-bond acceptors (Lipinski definition) is 2. The van der Waals surface area contributed by atoms with E-state index in [1.807, 2.05) is 36.4 Å². The van der Waals surface area contributed by atoms with Gasteiger partial charge in [-0.05, 0) is 31.4 Å². The standard InChI is InChI=1S/C15H18O2/c1-13(16)7-5-6-10-15(17)12-11-14-8-3-2-4-9-14/h2-4,8-9,11-12H,5-7,10H2,1H3. The first-order valence-corrected chi connectivity index (χ1v) is 5.94. The first-order valence-electron chi connectivity index (χ1n) is 5.94. The SMILES string of the molecule is CC(=O)CCCCC(=O)C=Cc1ccccc1. The van der Waals surface area contributed by atoms with Crippen molar-refractivity contribution in [3.8, 4) is 0 Å². The van der Waals surface area contributed by atoms with E-state index in [0.29, 0.717) is 12.8 Å². The number of ketones is 2. The molecule has 0 aliphatic carbocycles. The third-order valence-corrected chi connectivity index (χ3v) is 2.46. The summed E-state index contributed by atoms with van der Waals surface area (Å²) in [5.41, 5.74) is 1.03. The van der Waals surface area contributed by atoms with Crippen LogP contribution in [0.2, 0.25) is 0 Å². The van der Waals surface area contributed by atoms with E-state index in [4.69, 9.17) is 0 Å². The van der Waals surface area contributed by atoms with Crippen LogP contribution in [0.3, 0.4) is 0 Å². The predicted octanol–water partition coefficient (Wildman–Crippen LogP) is 3.42. The largest absolute Gasteiger partial charge is 0.300 e. The lowest BCUT2D eigenvalue weighted by atomic mass is 10.1. The molecule has 0 radical (unpaired) electrons. The van der Waals surface area contributed by atoms with Crippen molar-refractivity contribution in [3.05, 3.63) is 42.0 Å². The molecule has 1 aromatic carbocycles. The average molecular weight is 230 g/mol. The molecule has 0 saturated carbocycles. The lowest BCUT2D eigenvalue weighted by Gasteiger charge is -1.96. The molecular formula is C15H18O2. The first-order chi connectivity index (χ1) is 8.18. The van der Waals surface area contributed by atoms with Crippen molar-refractivity contribution >= 4 is 17.6 Å². The van der Waals surface area contributed by atoms with E-state index in [9.17, 15) is 9.59 Å². The first kappa shape index (κ1) is 13.4. The van der Waals surface area contributed by atoms with Crippen LogP contribution in [0, 0.1) is 0 Å². The van der Waals surface area contributed by atoms with Gasteiger partial charge in [0.1, 0.15) is 5.78 Å². The Labute approximate surface area is 102 Å². The predicted molar refractivity (Wildman–Crippen MR) is 69.6 cm³/mol. The van der Waals surface area contributed by atoms with Crippen LogP contribution in [0.15, 0.2) is 36.4 Å². The summed E-state index contributed by atoms with van der Waals surface area (Å²) in [4.78, 5) is 22.2. The van der Waals surface area contributed by atoms with Crippen LogP contribution in [-0.2, 0) is 9.59 Å². The van der Waals surface area contributed by atoms with Crippen molar-refractivity contribution in [3.63, 3.8) is 0 Å². The van der Waals surface area contributed by atoms with Gasteiger partial charge in [-0.2, -0.15) is 0 Å². The minimum absolute atomic E-state index is 0.123. The molecule has 0 amide bonds. The quantitative estimate of drug-likeness (QED) is 0.531. The van der Waals surface area contributed by atoms with Crippen LogP contribution in [0.5, 0.6) is 0 Å². The fraction of sp³-hybridized carbons (Fsp3) is 0.333. The van der Waals surface area contributed by atoms with Crippen molar-refractivity contribution in [2.45, 2.75) is 32.6 Å². The van der Waals surface area contributed by atoms with E-state index in [1.165, 1.54) is 0 Å². The van der Waals surface area contributed by atoms with Gasteiger partial charge in [-0.15, -0.1) is 0 Å². The van der Waals surface area contributed by atoms with Gasteiger partial charge in [-0.3, -0.25) is 4.79 Å². The van der Waals surface area contributed by atoms with Crippen LogP contribution >= 0.6 is 0 Å². The van der Waals surface area contributed by atoms with Gasteiger partial charge in [0.2, 0.25) is 0 Å². The number of carbonyl (C=O) groups is 2. The Hall–Kier alpha value is -1.70. The van der Waals surface area contributed by atoms with Gasteiger partial charge in [-0.25, -0.2) is 0 Å². The van der Waals surface area contributed by atoms with Crippen molar-refractivity contribution in [1.82, 2.24) is 0 Å². The number of carbonyl (C=O) groups excluding carboxylic acids is 2. The van der Waals surface area contributed by atoms with Crippen LogP contribution in [0.25, 0.3) is 6.08 Å². The molecule has 0 fully saturated rings. The highest BCUT2D eigenvalue weighted by atomic mass is 16.1. The zero-order valence-electron chi connectivity index (χ0n) is 10.2. The topological polar surface area (TPSA) is 34.1 Å². The fourth-order valence-corrected chi connectivity index (χ4v) is 1.51. The summed E-state index contributed by atoms with van der Waals surface area (Å²) in [6.45, 7) is 1.58. The van der Waals surface area contributed by atoms with Crippen molar-refractivity contribution < 1.29 is 9.59 Å². The summed E-state index contributed by atoms with van der Waals surface area (Å²) in [5, 5.41) is 0. The summed E-state index contributed by atoms with van der Waals surface area (Å²) in [6, 6.07) is 9.74. The van der Waals surface area contributed by atoms with E-state index in [-0.39, 0.29) is 11.6 Å². The number of unbranched alkanes of at least 4 members (excludes halogenated alkanes) is 1. The van der Waals surface area contributed by atoms with Crippen LogP contribution in [0.1, 0.15) is 38.2 Å². The number of Topliss-reactive ketones (excluding diaryl/α,β-unsaturated/α-hetero) is 1. The summed E-state index contributed by atoms with van der Waals surface area (Å²) < 4.78 is 0. The second-order valence-corrected chi connectivity index (χ2v) is 4.12. The van der Waals surface area contributed by atoms with Gasteiger partial charge in [0.15, 0.2) is 5.78 Å². The van der Waals surface area contributed by atoms with Gasteiger partial charge in [0.25, 0.3) is 0 Å². The third kappa shape index (κ3) is 6.46. The lowest BCUT2D eigenvalue weighted by molar-refractivity contribution is -0.118. The van der Waals surface area contributed by atoms with Gasteiger partial charge in [-0.1, -0.05) is 36.4 Å². The molecule has 0 atom stereocenters. The Balaban J connectivity index is 2.25. The minimum atomic E-state index is 0.123. The molecule has 90 valence electrons. The highest BCUT2D eigenvalue weighted by molar-refractivity contribution is 5.93. The molecule has 2 nitrogen and oxygen atoms in total. The number of allylic oxidation sites excluding steroid dienone is 1. The van der Waals surface area contributed by atoms with Crippen molar-refractivity contribution in [1.29, 1.82) is 0 Å². The van der Waals surface area contributed by atoms with Gasteiger partial charge in [0, 0.05) is 12.8 Å². The third-order valence-electron chi connectivity index (χ3n) is 2.46. The van der Waals surface area contributed by atoms with Crippen LogP contribution in [0.4, 0.5) is 0 Å². The zero-order valence-corrected chi connectivity index (χ0v) is 10.2. The van der Waals surface area contributed by atoms with E-state index >= 15 is 0 Å². The highest BCUT2D eigenvalue weighted by Gasteiger charge is 1.98. The van der Waals surface area contributed by atoms with E-state index in [1.54, 1.807) is 13.0 Å². The second kappa shape index (κ2) is 7.55. The lowest BCUT2D eigenvalue weighted by Crippen LogP contribution is -1.94. The number of benzene rings is 1. The Morgan fingerprint density at radius 1 is 1.06 bits per heavy atom. The molecular weight excluding hydrogens is 212 g/mol. The molecule has 0 N–H and O–H groups in total. The van der Waals surface area contributed by atoms with Gasteiger partial charge < -0.3 is 4.79 Å². The second-order valence-electron chi connectivity index (χ2n) is 4.12. The zero-order chi connectivity index (χ0) is 12.5. The van der Waals surface area contributed by atoms with Crippen molar-refractivity contribution in [2.75, 3.05) is 0 Å². The summed E-state index contributed by atoms with van der Waals surface area (Å²) in [7, 11) is 0. The maximum absolute atomic E-state index is 11.5. The minimum Gasteiger partial charge on any atom is -0.300 e. The Bertz CT molecular complexity index is 391. The molecule has 0 aromatic heterocycles. The average Bonchev–Trinajstić information content (AvgIpc) is 2.33. The fourth-order valence-electron chi connectivity index (χ4n) is 1.51. The molecule has 0 bridgehead atoms. The summed E-state index contributed by atoms with van der Waals surface area (Å²) in [6.07, 6.45) is 6.14. The monoisotopic (exact) mass is 230 g/mol. The molecule has 0 unspecified atom stereocenters. The summed E-state index contributed by atoms with van der Waals surface area (Å²) >= 11 is 0. The Kier molecular flexibility index (Phi) is 5.94. The van der Waals surface area contributed by atoms with E-state index in [2.05, 4.69) is 0 Å². The maximum atomic E-state index is 11.5. The van der Waals surface area contributed by atoms with Crippen LogP contribution < -0.4 is 0 Å². The maximum Gasteiger partial charge on any atom is 0.155 e. The van der Waals surface area contributed by atoms with Gasteiger partial charge >= 0.3 is 0 Å². The molecule has 0 saturated heterocycles. The Morgan fingerprint density at radius 3 is 2.35 bits per heavy atom. The molecule has 2 heteroatoms. The molecule has 0 aliphatic heterocycles. The van der Waals surface area contributed by atoms with E-state index in [0.717, 1.165) is 18.4 Å². The molecule has 0 heterocycles. The summed E-state index contributed by atoms with van der Waals surface area (Å²) in [5.74, 6) is 0.315. The highest BCUT2D eigenvalue weighted by Crippen LogP contribution is 2.05. The number of rotatable bonds is 7.